The second kappa shape index (κ2) is 4.65. The first-order chi connectivity index (χ1) is 2.77. The van der Waals surface area contributed by atoms with Crippen molar-refractivity contribution >= 4 is 44.9 Å². The Labute approximate surface area is 57.3 Å². The van der Waals surface area contributed by atoms with Crippen LogP contribution in [0.5, 0.6) is 0 Å². The molecule has 0 spiro atoms. The van der Waals surface area contributed by atoms with E-state index in [0.717, 1.165) is 5.75 Å². The summed E-state index contributed by atoms with van der Waals surface area (Å²) < 4.78 is 0. The molecule has 0 nitrogen and oxygen atoms in total. The van der Waals surface area contributed by atoms with Gasteiger partial charge in [-0.3, -0.25) is 0 Å². The summed E-state index contributed by atoms with van der Waals surface area (Å²) in [5, 5.41) is 0. The molecule has 0 amide bonds. The average Bonchev–Trinajstić information content (AvgIpc) is 1.35. The van der Waals surface area contributed by atoms with Crippen LogP contribution in [0.15, 0.2) is 0 Å². The summed E-state index contributed by atoms with van der Waals surface area (Å²) in [5.41, 5.74) is 0. The molecule has 0 aromatic heterocycles. The summed E-state index contributed by atoms with van der Waals surface area (Å²) in [6, 6.07) is 0. The predicted molar refractivity (Wildman–Crippen MR) is 46.9 cm³/mol. The number of hydrogen-bond donors (Lipinski definition) is 1. The van der Waals surface area contributed by atoms with Gasteiger partial charge in [0, 0.05) is 0 Å². The Morgan fingerprint density at radius 1 is 2.00 bits per heavy atom. The van der Waals surface area contributed by atoms with Crippen molar-refractivity contribution < 1.29 is 0 Å². The van der Waals surface area contributed by atoms with Gasteiger partial charge in [-0.2, -0.15) is 0 Å². The van der Waals surface area contributed by atoms with Crippen LogP contribution in [-0.4, -0.2) is 12.3 Å². The van der Waals surface area contributed by atoms with Crippen molar-refractivity contribution in [3.8, 4) is 0 Å². The molecule has 0 aliphatic heterocycles. The Morgan fingerprint density at radius 3 is 2.50 bits per heavy atom. The SMILES string of the molecule is B#[SH](I)SCC. The molecule has 4 heteroatoms. The van der Waals surface area contributed by atoms with Crippen LogP contribution >= 0.6 is 38.3 Å². The molecule has 0 aliphatic carbocycles. The number of halogens is 1. The Bertz CT molecular complexity index is 83.3. The standard InChI is InChI=1S/C2H6BIS2/c1-2-5-6(3)4/h6H,2H2,1H3. The molecule has 0 aromatic carbocycles. The zero-order valence-electron chi connectivity index (χ0n) is 3.52. The molecular formula is C2H6BIS2. The van der Waals surface area contributed by atoms with Crippen molar-refractivity contribution in [2.45, 2.75) is 6.92 Å². The fourth-order valence-corrected chi connectivity index (χ4v) is 3.62. The maximum atomic E-state index is 5.42. The van der Waals surface area contributed by atoms with Crippen LogP contribution in [0, 0.1) is 0 Å². The third kappa shape index (κ3) is 5.49. The van der Waals surface area contributed by atoms with Crippen LogP contribution in [0.3, 0.4) is 0 Å². The Balaban J connectivity index is 2.91. The minimum absolute atomic E-state index is 0.214. The summed E-state index contributed by atoms with van der Waals surface area (Å²) in [4.78, 5) is 0. The minimum atomic E-state index is -0.214. The molecular weight excluding hydrogens is 226 g/mol. The van der Waals surface area contributed by atoms with Gasteiger partial charge in [-0.25, -0.2) is 0 Å². The Morgan fingerprint density at radius 2 is 2.50 bits per heavy atom. The molecule has 0 heterocycles. The number of hydrogen-bond acceptors (Lipinski definition) is 1. The Hall–Kier alpha value is 1.49. The molecule has 1 atom stereocenters. The van der Waals surface area contributed by atoms with Gasteiger partial charge in [-0.1, -0.05) is 0 Å². The molecule has 0 bridgehead atoms. The molecule has 0 saturated heterocycles. The zero-order valence-corrected chi connectivity index (χ0v) is 7.39. The van der Waals surface area contributed by atoms with Gasteiger partial charge in [-0.15, -0.1) is 0 Å². The van der Waals surface area contributed by atoms with E-state index in [0.29, 0.717) is 0 Å². The fourth-order valence-electron chi connectivity index (χ4n) is 0.123. The molecule has 1 unspecified atom stereocenters. The van der Waals surface area contributed by atoms with Crippen LogP contribution < -0.4 is 0 Å². The number of rotatable bonds is 1. The van der Waals surface area contributed by atoms with E-state index in [1.807, 2.05) is 10.8 Å². The van der Waals surface area contributed by atoms with E-state index in [2.05, 4.69) is 28.1 Å². The van der Waals surface area contributed by atoms with Gasteiger partial charge in [-0.05, 0) is 0 Å². The zero-order chi connectivity index (χ0) is 4.99. The van der Waals surface area contributed by atoms with E-state index in [4.69, 9.17) is 6.53 Å². The van der Waals surface area contributed by atoms with Crippen LogP contribution in [0.25, 0.3) is 0 Å². The first-order valence-electron chi connectivity index (χ1n) is 1.61. The molecule has 0 rings (SSSR count). The summed E-state index contributed by atoms with van der Waals surface area (Å²) in [6.07, 6.45) is -0.214. The van der Waals surface area contributed by atoms with Crippen molar-refractivity contribution in [3.05, 3.63) is 0 Å². The topological polar surface area (TPSA) is 0 Å². The molecule has 0 aromatic rings. The van der Waals surface area contributed by atoms with Gasteiger partial charge < -0.3 is 0 Å². The van der Waals surface area contributed by atoms with E-state index in [1.54, 1.807) is 0 Å². The third-order valence-electron chi connectivity index (χ3n) is 0.252. The van der Waals surface area contributed by atoms with Gasteiger partial charge in [0.2, 0.25) is 0 Å². The average molecular weight is 232 g/mol. The van der Waals surface area contributed by atoms with Crippen LogP contribution in [-0.2, 0) is 0 Å². The molecule has 0 radical (unpaired) electrons. The Kier molecular flexibility index (Phi) is 5.81. The second-order valence-electron chi connectivity index (χ2n) is 0.690. The summed E-state index contributed by atoms with van der Waals surface area (Å²) in [7, 11) is 1.82. The predicted octanol–water partition coefficient (Wildman–Crippen LogP) is 2.09. The second-order valence-corrected chi connectivity index (χ2v) is 9.11. The van der Waals surface area contributed by atoms with E-state index in [9.17, 15) is 0 Å². The van der Waals surface area contributed by atoms with Gasteiger partial charge in [0.25, 0.3) is 0 Å². The van der Waals surface area contributed by atoms with E-state index in [-0.39, 0.29) is 6.33 Å². The molecule has 0 N–H and O–H groups in total. The van der Waals surface area contributed by atoms with Gasteiger partial charge in [0.1, 0.15) is 0 Å². The van der Waals surface area contributed by atoms with Crippen molar-refractivity contribution in [2.75, 3.05) is 5.75 Å². The molecule has 6 heavy (non-hydrogen) atoms. The van der Waals surface area contributed by atoms with E-state index in [1.165, 1.54) is 0 Å². The van der Waals surface area contributed by atoms with Gasteiger partial charge >= 0.3 is 57.5 Å². The fraction of sp³-hybridized carbons (Fsp3) is 1.00. The summed E-state index contributed by atoms with van der Waals surface area (Å²) in [5.74, 6) is 1.14. The monoisotopic (exact) mass is 232 g/mol. The molecule has 36 valence electrons. The number of thiol groups is 1. The normalized spacial score (nSPS) is 14.7. The van der Waals surface area contributed by atoms with Crippen molar-refractivity contribution in [2.24, 2.45) is 0 Å². The van der Waals surface area contributed by atoms with Crippen LogP contribution in [0.2, 0.25) is 0 Å². The molecule has 0 aliphatic rings. The van der Waals surface area contributed by atoms with Crippen molar-refractivity contribution in [3.63, 3.8) is 0 Å². The quantitative estimate of drug-likeness (QED) is 0.312. The van der Waals surface area contributed by atoms with Gasteiger partial charge in [0.15, 0.2) is 0 Å². The van der Waals surface area contributed by atoms with Gasteiger partial charge in [0.05, 0.1) is 0 Å². The third-order valence-corrected chi connectivity index (χ3v) is 4.78. The molecule has 0 fully saturated rings. The van der Waals surface area contributed by atoms with Crippen molar-refractivity contribution in [1.82, 2.24) is 0 Å². The van der Waals surface area contributed by atoms with Crippen molar-refractivity contribution in [1.29, 1.82) is 0 Å². The summed E-state index contributed by atoms with van der Waals surface area (Å²) >= 11 is 2.25. The molecule has 0 saturated carbocycles. The van der Waals surface area contributed by atoms with E-state index >= 15 is 0 Å². The van der Waals surface area contributed by atoms with E-state index < -0.39 is 0 Å². The first-order valence-corrected chi connectivity index (χ1v) is 7.39. The maximum absolute atomic E-state index is 5.42. The summed E-state index contributed by atoms with van der Waals surface area (Å²) in [6.45, 7) is 7.53. The van der Waals surface area contributed by atoms with Crippen LogP contribution in [0.4, 0.5) is 0 Å². The van der Waals surface area contributed by atoms with Crippen LogP contribution in [0.1, 0.15) is 6.92 Å². The first kappa shape index (κ1) is 7.49.